The third-order valence-electron chi connectivity index (χ3n) is 3.77. The molecule has 0 saturated carbocycles. The van der Waals surface area contributed by atoms with Crippen molar-refractivity contribution in [3.8, 4) is 0 Å². The van der Waals surface area contributed by atoms with Gasteiger partial charge in [-0.1, -0.05) is 18.4 Å². The second-order valence-corrected chi connectivity index (χ2v) is 5.39. The standard InChI is InChI=1S/C12H20N6O3/c1-3-5-12(9(19)20)6-4-7-18(8-12)11(21)13-10-14-16-17(2)15-10/h3-8H2,1-2H3,(H,19,20)(H,13,15,21). The molecule has 1 aliphatic rings. The Morgan fingerprint density at radius 2 is 2.24 bits per heavy atom. The number of hydrogen-bond acceptors (Lipinski definition) is 5. The predicted molar refractivity (Wildman–Crippen MR) is 73.6 cm³/mol. The number of aromatic nitrogens is 4. The third-order valence-corrected chi connectivity index (χ3v) is 3.77. The minimum atomic E-state index is -0.847. The van der Waals surface area contributed by atoms with Crippen LogP contribution in [-0.2, 0) is 11.8 Å². The van der Waals surface area contributed by atoms with E-state index in [0.29, 0.717) is 25.8 Å². The Hall–Kier alpha value is -2.19. The van der Waals surface area contributed by atoms with Crippen molar-refractivity contribution in [1.29, 1.82) is 0 Å². The number of aliphatic carboxylic acids is 1. The fourth-order valence-corrected chi connectivity index (χ4v) is 2.78. The molecule has 2 N–H and O–H groups in total. The van der Waals surface area contributed by atoms with Crippen LogP contribution in [0.25, 0.3) is 0 Å². The van der Waals surface area contributed by atoms with E-state index < -0.39 is 11.4 Å². The molecule has 1 saturated heterocycles. The lowest BCUT2D eigenvalue weighted by Crippen LogP contribution is -2.51. The molecule has 1 aromatic heterocycles. The smallest absolute Gasteiger partial charge is 0.324 e. The Labute approximate surface area is 122 Å². The third kappa shape index (κ3) is 3.29. The van der Waals surface area contributed by atoms with Gasteiger partial charge in [-0.25, -0.2) is 4.79 Å². The molecule has 116 valence electrons. The fraction of sp³-hybridized carbons (Fsp3) is 0.750. The van der Waals surface area contributed by atoms with Crippen LogP contribution in [-0.4, -0.2) is 55.3 Å². The van der Waals surface area contributed by atoms with Gasteiger partial charge in [0.15, 0.2) is 0 Å². The monoisotopic (exact) mass is 296 g/mol. The van der Waals surface area contributed by atoms with Gasteiger partial charge in [-0.2, -0.15) is 4.80 Å². The molecule has 9 heteroatoms. The highest BCUT2D eigenvalue weighted by molar-refractivity contribution is 5.88. The topological polar surface area (TPSA) is 113 Å². The van der Waals surface area contributed by atoms with Gasteiger partial charge in [0.25, 0.3) is 5.95 Å². The first-order chi connectivity index (χ1) is 9.97. The van der Waals surface area contributed by atoms with Crippen molar-refractivity contribution in [1.82, 2.24) is 25.1 Å². The first-order valence-electron chi connectivity index (χ1n) is 7.00. The van der Waals surface area contributed by atoms with Gasteiger partial charge in [-0.15, -0.1) is 5.10 Å². The zero-order valence-electron chi connectivity index (χ0n) is 12.2. The molecular weight excluding hydrogens is 276 g/mol. The van der Waals surface area contributed by atoms with E-state index in [4.69, 9.17) is 0 Å². The van der Waals surface area contributed by atoms with Gasteiger partial charge in [-0.3, -0.25) is 10.1 Å². The maximum Gasteiger partial charge on any atom is 0.324 e. The van der Waals surface area contributed by atoms with Crippen molar-refractivity contribution in [3.05, 3.63) is 0 Å². The van der Waals surface area contributed by atoms with Crippen LogP contribution < -0.4 is 5.32 Å². The summed E-state index contributed by atoms with van der Waals surface area (Å²) < 4.78 is 0. The van der Waals surface area contributed by atoms with E-state index in [-0.39, 0.29) is 18.5 Å². The summed E-state index contributed by atoms with van der Waals surface area (Å²) in [5.74, 6) is -0.719. The van der Waals surface area contributed by atoms with Crippen molar-refractivity contribution in [2.45, 2.75) is 32.6 Å². The Morgan fingerprint density at radius 3 is 2.81 bits per heavy atom. The second kappa shape index (κ2) is 6.06. The summed E-state index contributed by atoms with van der Waals surface area (Å²) in [5, 5.41) is 23.2. The van der Waals surface area contributed by atoms with Crippen molar-refractivity contribution in [2.75, 3.05) is 18.4 Å². The Balaban J connectivity index is 2.05. The lowest BCUT2D eigenvalue weighted by Gasteiger charge is -2.39. The minimum Gasteiger partial charge on any atom is -0.481 e. The zero-order chi connectivity index (χ0) is 15.5. The fourth-order valence-electron chi connectivity index (χ4n) is 2.78. The number of piperidine rings is 1. The number of amides is 2. The van der Waals surface area contributed by atoms with Crippen LogP contribution in [0.15, 0.2) is 0 Å². The molecule has 2 amide bonds. The van der Waals surface area contributed by atoms with Crippen molar-refractivity contribution in [2.24, 2.45) is 12.5 Å². The summed E-state index contributed by atoms with van der Waals surface area (Å²) in [4.78, 5) is 26.6. The quantitative estimate of drug-likeness (QED) is 0.846. The Kier molecular flexibility index (Phi) is 4.39. The molecular formula is C12H20N6O3. The first-order valence-corrected chi connectivity index (χ1v) is 7.00. The summed E-state index contributed by atoms with van der Waals surface area (Å²) >= 11 is 0. The SMILES string of the molecule is CCCC1(C(=O)O)CCCN(C(=O)Nc2nnn(C)n2)C1. The number of rotatable bonds is 4. The zero-order valence-corrected chi connectivity index (χ0v) is 12.2. The molecule has 0 radical (unpaired) electrons. The highest BCUT2D eigenvalue weighted by atomic mass is 16.4. The lowest BCUT2D eigenvalue weighted by atomic mass is 9.76. The molecule has 0 bridgehead atoms. The van der Waals surface area contributed by atoms with Crippen molar-refractivity contribution in [3.63, 3.8) is 0 Å². The van der Waals surface area contributed by atoms with Crippen LogP contribution >= 0.6 is 0 Å². The Bertz CT molecular complexity index is 527. The van der Waals surface area contributed by atoms with E-state index in [0.717, 1.165) is 6.42 Å². The van der Waals surface area contributed by atoms with Gasteiger partial charge in [0.1, 0.15) is 0 Å². The highest BCUT2D eigenvalue weighted by Gasteiger charge is 2.42. The van der Waals surface area contributed by atoms with E-state index >= 15 is 0 Å². The maximum absolute atomic E-state index is 12.2. The number of carbonyl (C=O) groups excluding carboxylic acids is 1. The summed E-state index contributed by atoms with van der Waals surface area (Å²) in [6.45, 7) is 2.69. The molecule has 1 aromatic rings. The number of likely N-dealkylation sites (tertiary alicyclic amines) is 1. The molecule has 0 spiro atoms. The van der Waals surface area contributed by atoms with Crippen LogP contribution in [0.3, 0.4) is 0 Å². The largest absolute Gasteiger partial charge is 0.481 e. The van der Waals surface area contributed by atoms with Crippen molar-refractivity contribution >= 4 is 17.9 Å². The van der Waals surface area contributed by atoms with Gasteiger partial charge in [0, 0.05) is 13.1 Å². The molecule has 1 aliphatic heterocycles. The molecule has 0 aromatic carbocycles. The molecule has 0 aliphatic carbocycles. The number of nitrogens with one attached hydrogen (secondary N) is 1. The number of carbonyl (C=O) groups is 2. The van der Waals surface area contributed by atoms with Gasteiger partial charge in [0.2, 0.25) is 0 Å². The van der Waals surface area contributed by atoms with Crippen LogP contribution in [0, 0.1) is 5.41 Å². The van der Waals surface area contributed by atoms with Gasteiger partial charge < -0.3 is 10.0 Å². The van der Waals surface area contributed by atoms with Crippen LogP contribution in [0.1, 0.15) is 32.6 Å². The summed E-state index contributed by atoms with van der Waals surface area (Å²) in [6, 6.07) is -0.385. The van der Waals surface area contributed by atoms with Gasteiger partial charge in [-0.05, 0) is 24.5 Å². The number of nitrogens with zero attached hydrogens (tertiary/aromatic N) is 5. The molecule has 1 fully saturated rings. The molecule has 21 heavy (non-hydrogen) atoms. The Morgan fingerprint density at radius 1 is 1.48 bits per heavy atom. The first kappa shape index (κ1) is 15.2. The summed E-state index contributed by atoms with van der Waals surface area (Å²) in [7, 11) is 1.60. The minimum absolute atomic E-state index is 0.115. The maximum atomic E-state index is 12.2. The van der Waals surface area contributed by atoms with Crippen LogP contribution in [0.4, 0.5) is 10.7 Å². The van der Waals surface area contributed by atoms with E-state index in [9.17, 15) is 14.7 Å². The van der Waals surface area contributed by atoms with Crippen LogP contribution in [0.2, 0.25) is 0 Å². The lowest BCUT2D eigenvalue weighted by molar-refractivity contribution is -0.152. The number of anilines is 1. The highest BCUT2D eigenvalue weighted by Crippen LogP contribution is 2.35. The number of carboxylic acids is 1. The predicted octanol–water partition coefficient (Wildman–Crippen LogP) is 0.709. The van der Waals surface area contributed by atoms with E-state index in [2.05, 4.69) is 20.7 Å². The number of hydrogen-bond donors (Lipinski definition) is 2. The van der Waals surface area contributed by atoms with E-state index in [1.165, 1.54) is 9.70 Å². The molecule has 2 rings (SSSR count). The van der Waals surface area contributed by atoms with E-state index in [1.54, 1.807) is 7.05 Å². The molecule has 1 unspecified atom stereocenters. The van der Waals surface area contributed by atoms with Gasteiger partial charge in [0.05, 0.1) is 12.5 Å². The molecule has 1 atom stereocenters. The number of tetrazole rings is 1. The normalized spacial score (nSPS) is 22.1. The summed E-state index contributed by atoms with van der Waals surface area (Å²) in [6.07, 6.45) is 2.61. The molecule has 2 heterocycles. The number of urea groups is 1. The summed E-state index contributed by atoms with van der Waals surface area (Å²) in [5.41, 5.74) is -0.847. The van der Waals surface area contributed by atoms with Gasteiger partial charge >= 0.3 is 12.0 Å². The van der Waals surface area contributed by atoms with Crippen LogP contribution in [0.5, 0.6) is 0 Å². The van der Waals surface area contributed by atoms with Crippen molar-refractivity contribution < 1.29 is 14.7 Å². The average molecular weight is 296 g/mol. The second-order valence-electron chi connectivity index (χ2n) is 5.39. The number of aryl methyl sites for hydroxylation is 1. The average Bonchev–Trinajstić information content (AvgIpc) is 2.84. The number of carboxylic acid groups (broad SMARTS) is 1. The molecule has 9 nitrogen and oxygen atoms in total. The van der Waals surface area contributed by atoms with E-state index in [1.807, 2.05) is 6.92 Å².